The van der Waals surface area contributed by atoms with Crippen LogP contribution in [0.15, 0.2) is 47.7 Å². The fourth-order valence-electron chi connectivity index (χ4n) is 3.39. The molecule has 1 aromatic heterocycles. The van der Waals surface area contributed by atoms with Gasteiger partial charge in [0.1, 0.15) is 0 Å². The predicted molar refractivity (Wildman–Crippen MR) is 133 cm³/mol. The number of nitrogens with zero attached hydrogens (tertiary/aromatic N) is 4. The van der Waals surface area contributed by atoms with E-state index in [1.54, 1.807) is 0 Å². The van der Waals surface area contributed by atoms with Gasteiger partial charge in [-0.15, -0.1) is 24.0 Å². The Morgan fingerprint density at radius 3 is 2.45 bits per heavy atom. The summed E-state index contributed by atoms with van der Waals surface area (Å²) in [6.45, 7) is 11.0. The zero-order valence-corrected chi connectivity index (χ0v) is 20.6. The minimum Gasteiger partial charge on any atom is -0.357 e. The molecular weight excluding hydrogens is 475 g/mol. The maximum absolute atomic E-state index is 4.89. The number of benzene rings is 1. The van der Waals surface area contributed by atoms with Crippen molar-refractivity contribution in [2.45, 2.75) is 39.7 Å². The Hall–Kier alpha value is -1.61. The summed E-state index contributed by atoms with van der Waals surface area (Å²) in [6.07, 6.45) is 6.09. The van der Waals surface area contributed by atoms with Gasteiger partial charge in [0.2, 0.25) is 0 Å². The van der Waals surface area contributed by atoms with Crippen LogP contribution in [0, 0.1) is 0 Å². The van der Waals surface area contributed by atoms with E-state index in [2.05, 4.69) is 77.9 Å². The van der Waals surface area contributed by atoms with E-state index in [1.165, 1.54) is 11.1 Å². The highest BCUT2D eigenvalue weighted by atomic mass is 127. The summed E-state index contributed by atoms with van der Waals surface area (Å²) in [4.78, 5) is 7.36. The summed E-state index contributed by atoms with van der Waals surface area (Å²) in [6, 6.07) is 11.0. The normalized spacial score (nSPS) is 12.5. The molecule has 0 saturated carbocycles. The number of rotatable bonds is 11. The second kappa shape index (κ2) is 14.4. The van der Waals surface area contributed by atoms with E-state index < -0.39 is 0 Å². The van der Waals surface area contributed by atoms with E-state index in [0.717, 1.165) is 51.5 Å². The van der Waals surface area contributed by atoms with Crippen molar-refractivity contribution in [2.75, 3.05) is 32.7 Å². The van der Waals surface area contributed by atoms with E-state index in [1.807, 2.05) is 17.9 Å². The first kappa shape index (κ1) is 25.4. The van der Waals surface area contributed by atoms with Crippen LogP contribution in [0.2, 0.25) is 0 Å². The molecule has 0 bridgehead atoms. The molecule has 1 unspecified atom stereocenters. The lowest BCUT2D eigenvalue weighted by atomic mass is 10.1. The maximum Gasteiger partial charge on any atom is 0.191 e. The van der Waals surface area contributed by atoms with Gasteiger partial charge in [0.05, 0.1) is 18.8 Å². The number of aliphatic imine (C=N–C) groups is 1. The first-order valence-electron chi connectivity index (χ1n) is 10.5. The maximum atomic E-state index is 4.89. The smallest absolute Gasteiger partial charge is 0.191 e. The third kappa shape index (κ3) is 8.74. The van der Waals surface area contributed by atoms with Crippen LogP contribution in [0.5, 0.6) is 0 Å². The fourth-order valence-corrected chi connectivity index (χ4v) is 3.39. The monoisotopic (exact) mass is 512 g/mol. The molecule has 2 rings (SSSR count). The predicted octanol–water partition coefficient (Wildman–Crippen LogP) is 3.61. The van der Waals surface area contributed by atoms with Crippen LogP contribution in [0.1, 0.15) is 44.4 Å². The van der Waals surface area contributed by atoms with Gasteiger partial charge in [-0.1, -0.05) is 44.2 Å². The zero-order chi connectivity index (χ0) is 20.2. The minimum atomic E-state index is 0. The van der Waals surface area contributed by atoms with Gasteiger partial charge in [-0.2, -0.15) is 5.10 Å². The summed E-state index contributed by atoms with van der Waals surface area (Å²) in [5.74, 6) is 0.891. The van der Waals surface area contributed by atoms with Crippen LogP contribution in [0.25, 0.3) is 0 Å². The quantitative estimate of drug-likeness (QED) is 0.209. The molecule has 1 heterocycles. The molecule has 1 aromatic carbocycles. The largest absolute Gasteiger partial charge is 0.357 e. The fraction of sp³-hybridized carbons (Fsp3) is 0.545. The average molecular weight is 512 g/mol. The molecule has 162 valence electrons. The molecule has 0 aliphatic carbocycles. The Morgan fingerprint density at radius 1 is 1.14 bits per heavy atom. The van der Waals surface area contributed by atoms with Gasteiger partial charge in [0, 0.05) is 26.3 Å². The summed E-state index contributed by atoms with van der Waals surface area (Å²) in [7, 11) is 1.96. The van der Waals surface area contributed by atoms with E-state index in [4.69, 9.17) is 4.99 Å². The lowest BCUT2D eigenvalue weighted by molar-refractivity contribution is 0.224. The van der Waals surface area contributed by atoms with Crippen LogP contribution < -0.4 is 10.6 Å². The second-order valence-electron chi connectivity index (χ2n) is 6.92. The molecule has 0 radical (unpaired) electrons. The van der Waals surface area contributed by atoms with Crippen LogP contribution >= 0.6 is 24.0 Å². The Labute approximate surface area is 193 Å². The Kier molecular flexibility index (Phi) is 12.6. The van der Waals surface area contributed by atoms with Crippen molar-refractivity contribution in [3.8, 4) is 0 Å². The Bertz CT molecular complexity index is 696. The minimum absolute atomic E-state index is 0. The standard InChI is InChI=1S/C22H36N6.HI/c1-5-23-22(24-15-11-12-19-16-26-27(4)18-19)25-17-21(28(6-2)7-3)20-13-9-8-10-14-20;/h8-10,13-14,16,18,21H,5-7,11-12,15,17H2,1-4H3,(H2,23,24,25);1H. The van der Waals surface area contributed by atoms with Gasteiger partial charge >= 0.3 is 0 Å². The van der Waals surface area contributed by atoms with Crippen LogP contribution in [0.4, 0.5) is 0 Å². The molecule has 0 spiro atoms. The Balaban J connectivity index is 0.00000420. The number of likely N-dealkylation sites (N-methyl/N-ethyl adjacent to an activating group) is 1. The van der Waals surface area contributed by atoms with Gasteiger partial charge < -0.3 is 10.6 Å². The molecule has 0 aliphatic heterocycles. The lowest BCUT2D eigenvalue weighted by Gasteiger charge is -2.29. The van der Waals surface area contributed by atoms with Crippen molar-refractivity contribution in [3.63, 3.8) is 0 Å². The topological polar surface area (TPSA) is 57.5 Å². The zero-order valence-electron chi connectivity index (χ0n) is 18.3. The molecule has 1 atom stereocenters. The molecule has 0 fully saturated rings. The highest BCUT2D eigenvalue weighted by molar-refractivity contribution is 14.0. The van der Waals surface area contributed by atoms with Crippen molar-refractivity contribution >= 4 is 29.9 Å². The Morgan fingerprint density at radius 2 is 1.86 bits per heavy atom. The van der Waals surface area contributed by atoms with E-state index in [-0.39, 0.29) is 24.0 Å². The van der Waals surface area contributed by atoms with E-state index in [9.17, 15) is 0 Å². The summed E-state index contributed by atoms with van der Waals surface area (Å²) < 4.78 is 1.85. The summed E-state index contributed by atoms with van der Waals surface area (Å²) >= 11 is 0. The third-order valence-corrected chi connectivity index (χ3v) is 4.90. The van der Waals surface area contributed by atoms with Gasteiger partial charge in [0.15, 0.2) is 5.96 Å². The molecule has 0 aliphatic rings. The van der Waals surface area contributed by atoms with Crippen molar-refractivity contribution in [1.29, 1.82) is 0 Å². The van der Waals surface area contributed by atoms with E-state index in [0.29, 0.717) is 6.04 Å². The molecule has 6 nitrogen and oxygen atoms in total. The number of guanidine groups is 1. The number of hydrogen-bond donors (Lipinski definition) is 2. The molecule has 29 heavy (non-hydrogen) atoms. The van der Waals surface area contributed by atoms with Gasteiger partial charge in [0.25, 0.3) is 0 Å². The number of nitrogens with one attached hydrogen (secondary N) is 2. The SMILES string of the molecule is CCNC(=NCC(c1ccccc1)N(CC)CC)NCCCc1cnn(C)c1.I. The molecule has 0 amide bonds. The molecular formula is C22H37IN6. The first-order chi connectivity index (χ1) is 13.7. The van der Waals surface area contributed by atoms with Crippen molar-refractivity contribution < 1.29 is 0 Å². The number of aromatic nitrogens is 2. The molecule has 2 N–H and O–H groups in total. The average Bonchev–Trinajstić information content (AvgIpc) is 3.14. The van der Waals surface area contributed by atoms with Crippen molar-refractivity contribution in [3.05, 3.63) is 53.9 Å². The second-order valence-corrected chi connectivity index (χ2v) is 6.92. The molecule has 0 saturated heterocycles. The van der Waals surface area contributed by atoms with E-state index >= 15 is 0 Å². The van der Waals surface area contributed by atoms with Gasteiger partial charge in [-0.05, 0) is 44.0 Å². The van der Waals surface area contributed by atoms with Crippen molar-refractivity contribution in [2.24, 2.45) is 12.0 Å². The van der Waals surface area contributed by atoms with Gasteiger partial charge in [-0.25, -0.2) is 0 Å². The number of halogens is 1. The van der Waals surface area contributed by atoms with Crippen molar-refractivity contribution in [1.82, 2.24) is 25.3 Å². The third-order valence-electron chi connectivity index (χ3n) is 4.90. The molecule has 2 aromatic rings. The number of aryl methyl sites for hydroxylation is 2. The summed E-state index contributed by atoms with van der Waals surface area (Å²) in [5, 5.41) is 11.1. The van der Waals surface area contributed by atoms with Crippen LogP contribution in [0.3, 0.4) is 0 Å². The first-order valence-corrected chi connectivity index (χ1v) is 10.5. The highest BCUT2D eigenvalue weighted by Gasteiger charge is 2.17. The molecule has 7 heteroatoms. The number of hydrogen-bond acceptors (Lipinski definition) is 3. The highest BCUT2D eigenvalue weighted by Crippen LogP contribution is 2.20. The lowest BCUT2D eigenvalue weighted by Crippen LogP contribution is -2.39. The van der Waals surface area contributed by atoms with Gasteiger partial charge in [-0.3, -0.25) is 14.6 Å². The summed E-state index contributed by atoms with van der Waals surface area (Å²) in [5.41, 5.74) is 2.60. The van der Waals surface area contributed by atoms with Crippen LogP contribution in [-0.4, -0.2) is 53.4 Å². The van der Waals surface area contributed by atoms with Crippen LogP contribution in [-0.2, 0) is 13.5 Å².